The van der Waals surface area contributed by atoms with E-state index in [1.807, 2.05) is 54.6 Å². The topological polar surface area (TPSA) is 66.8 Å². The Balaban J connectivity index is 1.76. The first kappa shape index (κ1) is 26.2. The van der Waals surface area contributed by atoms with Crippen molar-refractivity contribution in [1.82, 2.24) is 4.90 Å². The molecule has 1 unspecified atom stereocenters. The number of aliphatic hydroxyl groups is 1. The number of ketones is 1. The van der Waals surface area contributed by atoms with Gasteiger partial charge in [0.1, 0.15) is 17.3 Å². The van der Waals surface area contributed by atoms with Crippen molar-refractivity contribution in [2.24, 2.45) is 0 Å². The van der Waals surface area contributed by atoms with Gasteiger partial charge in [-0.3, -0.25) is 9.59 Å². The summed E-state index contributed by atoms with van der Waals surface area (Å²) in [5.41, 5.74) is 2.41. The van der Waals surface area contributed by atoms with Gasteiger partial charge in [0.2, 0.25) is 0 Å². The average Bonchev–Trinajstić information content (AvgIpc) is 3.17. The fourth-order valence-corrected chi connectivity index (χ4v) is 5.15. The van der Waals surface area contributed by atoms with Gasteiger partial charge >= 0.3 is 0 Å². The van der Waals surface area contributed by atoms with Crippen LogP contribution >= 0.6 is 0 Å². The molecular weight excluding hydrogens is 493 g/mol. The molecule has 1 heterocycles. The van der Waals surface area contributed by atoms with Crippen molar-refractivity contribution in [3.8, 4) is 5.75 Å². The van der Waals surface area contributed by atoms with Gasteiger partial charge in [0.25, 0.3) is 11.7 Å². The number of carbonyl (C=O) groups excluding carboxylic acids is 2. The molecule has 0 aliphatic carbocycles. The minimum atomic E-state index is -0.871. The molecule has 6 heteroatoms. The van der Waals surface area contributed by atoms with Gasteiger partial charge in [0.15, 0.2) is 0 Å². The largest absolute Gasteiger partial charge is 0.507 e. The number of halogens is 1. The quantitative estimate of drug-likeness (QED) is 0.175. The first-order chi connectivity index (χ1) is 18.6. The lowest BCUT2D eigenvalue weighted by molar-refractivity contribution is -0.140. The molecule has 1 saturated heterocycles. The van der Waals surface area contributed by atoms with Crippen LogP contribution in [0.1, 0.15) is 49.1 Å². The number of likely N-dealkylation sites (tertiary alicyclic amines) is 1. The molecule has 0 saturated carbocycles. The van der Waals surface area contributed by atoms with E-state index in [1.54, 1.807) is 18.2 Å². The van der Waals surface area contributed by atoms with Gasteiger partial charge in [-0.1, -0.05) is 81.4 Å². The molecule has 5 rings (SSSR count). The third kappa shape index (κ3) is 4.78. The van der Waals surface area contributed by atoms with Crippen LogP contribution in [0.2, 0.25) is 0 Å². The van der Waals surface area contributed by atoms with Crippen LogP contribution < -0.4 is 4.74 Å². The van der Waals surface area contributed by atoms with E-state index in [-0.39, 0.29) is 23.3 Å². The SMILES string of the molecule is COc1ccc(C(C)(C)C)cc1/C(O)=C1\C(=O)C(=O)N(Cc2ccc(F)cc2)C1c1cccc2ccccc12. The molecule has 39 heavy (non-hydrogen) atoms. The van der Waals surface area contributed by atoms with E-state index in [9.17, 15) is 19.1 Å². The molecule has 1 N–H and O–H groups in total. The van der Waals surface area contributed by atoms with E-state index in [2.05, 4.69) is 20.8 Å². The predicted octanol–water partition coefficient (Wildman–Crippen LogP) is 6.91. The summed E-state index contributed by atoms with van der Waals surface area (Å²) in [6.07, 6.45) is 0. The first-order valence-electron chi connectivity index (χ1n) is 12.8. The Morgan fingerprint density at radius 3 is 2.33 bits per heavy atom. The molecule has 1 aliphatic rings. The van der Waals surface area contributed by atoms with Gasteiger partial charge in [-0.25, -0.2) is 4.39 Å². The number of hydrogen-bond donors (Lipinski definition) is 1. The molecule has 1 aliphatic heterocycles. The van der Waals surface area contributed by atoms with Crippen LogP contribution in [0.3, 0.4) is 0 Å². The molecule has 0 bridgehead atoms. The lowest BCUT2D eigenvalue weighted by atomic mass is 9.85. The number of nitrogens with zero attached hydrogens (tertiary/aromatic N) is 1. The van der Waals surface area contributed by atoms with Crippen molar-refractivity contribution >= 4 is 28.2 Å². The fraction of sp³-hybridized carbons (Fsp3) is 0.212. The maximum atomic E-state index is 13.7. The van der Waals surface area contributed by atoms with Crippen molar-refractivity contribution in [3.63, 3.8) is 0 Å². The van der Waals surface area contributed by atoms with Gasteiger partial charge in [0, 0.05) is 6.54 Å². The van der Waals surface area contributed by atoms with Gasteiger partial charge < -0.3 is 14.7 Å². The summed E-state index contributed by atoms with van der Waals surface area (Å²) >= 11 is 0. The highest BCUT2D eigenvalue weighted by Crippen LogP contribution is 2.44. The minimum absolute atomic E-state index is 0.0113. The third-order valence-corrected chi connectivity index (χ3v) is 7.24. The van der Waals surface area contributed by atoms with Crippen molar-refractivity contribution < 1.29 is 23.8 Å². The van der Waals surface area contributed by atoms with Crippen molar-refractivity contribution in [2.45, 2.75) is 38.8 Å². The number of benzene rings is 4. The molecular formula is C33H30FNO4. The summed E-state index contributed by atoms with van der Waals surface area (Å²) in [7, 11) is 1.50. The van der Waals surface area contributed by atoms with Crippen LogP contribution in [0.5, 0.6) is 5.75 Å². The second kappa shape index (κ2) is 10.0. The zero-order valence-electron chi connectivity index (χ0n) is 22.4. The second-order valence-corrected chi connectivity index (χ2v) is 10.8. The number of ether oxygens (including phenoxy) is 1. The number of fused-ring (bicyclic) bond motifs is 1. The van der Waals surface area contributed by atoms with Crippen LogP contribution in [-0.4, -0.2) is 28.8 Å². The molecule has 1 atom stereocenters. The van der Waals surface area contributed by atoms with Crippen LogP contribution in [0.25, 0.3) is 16.5 Å². The summed E-state index contributed by atoms with van der Waals surface area (Å²) in [6.45, 7) is 6.22. The van der Waals surface area contributed by atoms with Crippen molar-refractivity contribution in [3.05, 3.63) is 119 Å². The summed E-state index contributed by atoms with van der Waals surface area (Å²) in [4.78, 5) is 28.7. The number of amides is 1. The number of carbonyl (C=O) groups is 2. The Hall–Kier alpha value is -4.45. The smallest absolute Gasteiger partial charge is 0.295 e. The molecule has 5 nitrogen and oxygen atoms in total. The van der Waals surface area contributed by atoms with E-state index < -0.39 is 23.5 Å². The van der Waals surface area contributed by atoms with Gasteiger partial charge in [0.05, 0.1) is 24.3 Å². The summed E-state index contributed by atoms with van der Waals surface area (Å²) in [6, 6.07) is 23.8. The highest BCUT2D eigenvalue weighted by Gasteiger charge is 2.47. The van der Waals surface area contributed by atoms with Crippen LogP contribution in [0.4, 0.5) is 4.39 Å². The van der Waals surface area contributed by atoms with E-state index in [1.165, 1.54) is 24.1 Å². The number of methoxy groups -OCH3 is 1. The first-order valence-corrected chi connectivity index (χ1v) is 12.8. The van der Waals surface area contributed by atoms with Gasteiger partial charge in [-0.05, 0) is 57.1 Å². The fourth-order valence-electron chi connectivity index (χ4n) is 5.15. The Morgan fingerprint density at radius 2 is 1.64 bits per heavy atom. The number of Topliss-reactive ketones (excluding diaryl/α,β-unsaturated/α-hetero) is 1. The molecule has 1 amide bonds. The third-order valence-electron chi connectivity index (χ3n) is 7.24. The summed E-state index contributed by atoms with van der Waals surface area (Å²) in [5, 5.41) is 13.6. The predicted molar refractivity (Wildman–Crippen MR) is 150 cm³/mol. The van der Waals surface area contributed by atoms with Crippen LogP contribution in [-0.2, 0) is 21.5 Å². The minimum Gasteiger partial charge on any atom is -0.507 e. The number of aliphatic hydroxyl groups excluding tert-OH is 1. The van der Waals surface area contributed by atoms with Crippen molar-refractivity contribution in [1.29, 1.82) is 0 Å². The normalized spacial score (nSPS) is 17.2. The van der Waals surface area contributed by atoms with E-state index >= 15 is 0 Å². The van der Waals surface area contributed by atoms with Gasteiger partial charge in [-0.2, -0.15) is 0 Å². The Labute approximate surface area is 227 Å². The zero-order valence-corrected chi connectivity index (χ0v) is 22.4. The molecule has 1 fully saturated rings. The van der Waals surface area contributed by atoms with Gasteiger partial charge in [-0.15, -0.1) is 0 Å². The lowest BCUT2D eigenvalue weighted by Gasteiger charge is -2.27. The molecule has 0 spiro atoms. The summed E-state index contributed by atoms with van der Waals surface area (Å²) in [5.74, 6) is -1.81. The maximum absolute atomic E-state index is 13.7. The van der Waals surface area contributed by atoms with E-state index in [0.717, 1.165) is 16.3 Å². The van der Waals surface area contributed by atoms with Crippen LogP contribution in [0.15, 0.2) is 90.5 Å². The Morgan fingerprint density at radius 1 is 0.949 bits per heavy atom. The molecule has 0 radical (unpaired) electrons. The second-order valence-electron chi connectivity index (χ2n) is 10.8. The number of hydrogen-bond acceptors (Lipinski definition) is 4. The maximum Gasteiger partial charge on any atom is 0.295 e. The molecule has 4 aromatic carbocycles. The Kier molecular flexibility index (Phi) is 6.73. The Bertz CT molecular complexity index is 1610. The monoisotopic (exact) mass is 523 g/mol. The van der Waals surface area contributed by atoms with Crippen molar-refractivity contribution in [2.75, 3.05) is 7.11 Å². The zero-order chi connectivity index (χ0) is 27.9. The molecule has 0 aromatic heterocycles. The summed E-state index contributed by atoms with van der Waals surface area (Å²) < 4.78 is 19.2. The average molecular weight is 524 g/mol. The highest BCUT2D eigenvalue weighted by atomic mass is 19.1. The highest BCUT2D eigenvalue weighted by molar-refractivity contribution is 6.46. The van der Waals surface area contributed by atoms with E-state index in [4.69, 9.17) is 4.74 Å². The molecule has 198 valence electrons. The van der Waals surface area contributed by atoms with E-state index in [0.29, 0.717) is 22.4 Å². The molecule has 4 aromatic rings. The van der Waals surface area contributed by atoms with Crippen LogP contribution in [0, 0.1) is 5.82 Å². The number of rotatable bonds is 5. The lowest BCUT2D eigenvalue weighted by Crippen LogP contribution is -2.29. The standard InChI is InChI=1S/C33H30FNO4/c1-33(2,3)22-14-17-27(39-4)26(18-22)30(36)28-29(25-11-7-9-21-8-5-6-10-24(21)25)35(32(38)31(28)37)19-20-12-15-23(34)16-13-20/h5-18,29,36H,19H2,1-4H3/b30-28+.